The number of rotatable bonds is 11. The van der Waals surface area contributed by atoms with Crippen molar-refractivity contribution in [3.63, 3.8) is 0 Å². The van der Waals surface area contributed by atoms with Gasteiger partial charge in [-0.3, -0.25) is 0 Å². The van der Waals surface area contributed by atoms with Gasteiger partial charge in [0.1, 0.15) is 25.6 Å². The lowest BCUT2D eigenvalue weighted by Crippen LogP contribution is -2.44. The summed E-state index contributed by atoms with van der Waals surface area (Å²) in [5.74, 6) is -0.479. The average Bonchev–Trinajstić information content (AvgIpc) is 2.87. The molecule has 1 fully saturated rings. The van der Waals surface area contributed by atoms with E-state index in [0.717, 1.165) is 16.7 Å². The average molecular weight is 495 g/mol. The van der Waals surface area contributed by atoms with Crippen LogP contribution in [0, 0.1) is 0 Å². The van der Waals surface area contributed by atoms with Gasteiger partial charge >= 0.3 is 18.1 Å². The number of ether oxygens (including phenoxy) is 5. The molecule has 190 valence electrons. The maximum absolute atomic E-state index is 11.7. The molecule has 1 heterocycles. The van der Waals surface area contributed by atoms with Crippen molar-refractivity contribution < 1.29 is 38.1 Å². The quantitative estimate of drug-likeness (QED) is 0.191. The van der Waals surface area contributed by atoms with E-state index in [1.165, 1.54) is 0 Å². The van der Waals surface area contributed by atoms with E-state index < -0.39 is 23.5 Å². The molecule has 0 bridgehead atoms. The topological polar surface area (TPSA) is 97.4 Å². The standard InChI is InChI=1S/C28H30O8/c1-19(2)25(29)33-16-15-32-14-13-28(17-34-27(31)35-18-28)23-9-5-21(6-10-23)22-7-11-24(12-8-22)36-26(30)20(3)4/h5-12H,1,3,13-18H2,2,4H3. The van der Waals surface area contributed by atoms with Gasteiger partial charge in [0.05, 0.1) is 12.0 Å². The third-order valence-corrected chi connectivity index (χ3v) is 5.71. The number of carbonyl (C=O) groups excluding carboxylic acids is 3. The van der Waals surface area contributed by atoms with E-state index in [-0.39, 0.29) is 26.4 Å². The molecule has 1 aliphatic rings. The first-order chi connectivity index (χ1) is 17.2. The Morgan fingerprint density at radius 2 is 1.39 bits per heavy atom. The molecule has 0 radical (unpaired) electrons. The van der Waals surface area contributed by atoms with Crippen molar-refractivity contribution in [3.8, 4) is 16.9 Å². The van der Waals surface area contributed by atoms with Crippen LogP contribution < -0.4 is 4.74 Å². The molecule has 2 aromatic carbocycles. The highest BCUT2D eigenvalue weighted by Crippen LogP contribution is 2.34. The molecule has 0 saturated carbocycles. The molecule has 8 heteroatoms. The molecule has 0 aliphatic carbocycles. The molecule has 8 nitrogen and oxygen atoms in total. The van der Waals surface area contributed by atoms with Crippen molar-refractivity contribution in [3.05, 3.63) is 78.4 Å². The van der Waals surface area contributed by atoms with Crippen LogP contribution in [0.5, 0.6) is 5.75 Å². The van der Waals surface area contributed by atoms with Crippen molar-refractivity contribution in [2.24, 2.45) is 0 Å². The fourth-order valence-corrected chi connectivity index (χ4v) is 3.54. The van der Waals surface area contributed by atoms with Crippen LogP contribution in [0.2, 0.25) is 0 Å². The Morgan fingerprint density at radius 1 is 0.833 bits per heavy atom. The fraction of sp³-hybridized carbons (Fsp3) is 0.321. The lowest BCUT2D eigenvalue weighted by Gasteiger charge is -2.36. The molecule has 0 amide bonds. The zero-order valence-corrected chi connectivity index (χ0v) is 20.5. The maximum atomic E-state index is 11.7. The van der Waals surface area contributed by atoms with Crippen LogP contribution in [0.25, 0.3) is 11.1 Å². The van der Waals surface area contributed by atoms with Gasteiger partial charge in [-0.25, -0.2) is 14.4 Å². The predicted octanol–water partition coefficient (Wildman–Crippen LogP) is 4.77. The monoisotopic (exact) mass is 494 g/mol. The highest BCUT2D eigenvalue weighted by Gasteiger charge is 2.39. The van der Waals surface area contributed by atoms with Crippen molar-refractivity contribution in [2.45, 2.75) is 25.7 Å². The number of hydrogen-bond donors (Lipinski definition) is 0. The molecule has 0 unspecified atom stereocenters. The Balaban J connectivity index is 1.64. The van der Waals surface area contributed by atoms with Gasteiger partial charge < -0.3 is 23.7 Å². The minimum absolute atomic E-state index is 0.129. The summed E-state index contributed by atoms with van der Waals surface area (Å²) in [6, 6.07) is 15.1. The molecule has 0 N–H and O–H groups in total. The van der Waals surface area contributed by atoms with Crippen LogP contribution in [-0.4, -0.2) is 51.1 Å². The highest BCUT2D eigenvalue weighted by molar-refractivity contribution is 5.88. The van der Waals surface area contributed by atoms with Gasteiger partial charge in [-0.2, -0.15) is 0 Å². The normalized spacial score (nSPS) is 14.2. The van der Waals surface area contributed by atoms with E-state index in [2.05, 4.69) is 13.2 Å². The summed E-state index contributed by atoms with van der Waals surface area (Å²) < 4.78 is 26.3. The van der Waals surface area contributed by atoms with Gasteiger partial charge in [-0.1, -0.05) is 49.6 Å². The van der Waals surface area contributed by atoms with E-state index in [1.54, 1.807) is 26.0 Å². The Bertz CT molecular complexity index is 1110. The molecule has 0 aromatic heterocycles. The summed E-state index contributed by atoms with van der Waals surface area (Å²) >= 11 is 0. The second kappa shape index (κ2) is 12.2. The highest BCUT2D eigenvalue weighted by atomic mass is 16.7. The number of hydrogen-bond acceptors (Lipinski definition) is 8. The SMILES string of the molecule is C=C(C)C(=O)OCCOCCC1(c2ccc(-c3ccc(OC(=O)C(=C)C)cc3)cc2)COC(=O)OC1. The van der Waals surface area contributed by atoms with Crippen LogP contribution >= 0.6 is 0 Å². The smallest absolute Gasteiger partial charge is 0.460 e. The van der Waals surface area contributed by atoms with Gasteiger partial charge in [-0.05, 0) is 49.1 Å². The first-order valence-electron chi connectivity index (χ1n) is 11.5. The van der Waals surface area contributed by atoms with Gasteiger partial charge in [0.2, 0.25) is 0 Å². The number of cyclic esters (lactones) is 2. The van der Waals surface area contributed by atoms with Crippen molar-refractivity contribution in [2.75, 3.05) is 33.0 Å². The minimum atomic E-state index is -0.692. The molecule has 1 aliphatic heterocycles. The third-order valence-electron chi connectivity index (χ3n) is 5.71. The molecule has 3 rings (SSSR count). The molecule has 36 heavy (non-hydrogen) atoms. The maximum Gasteiger partial charge on any atom is 0.508 e. The molecular weight excluding hydrogens is 464 g/mol. The van der Waals surface area contributed by atoms with Crippen molar-refractivity contribution >= 4 is 18.1 Å². The second-order valence-corrected chi connectivity index (χ2v) is 8.66. The number of benzene rings is 2. The summed E-state index contributed by atoms with van der Waals surface area (Å²) in [5, 5.41) is 0. The van der Waals surface area contributed by atoms with Gasteiger partial charge in [0.25, 0.3) is 0 Å². The number of carbonyl (C=O) groups is 3. The number of esters is 2. The first-order valence-corrected chi connectivity index (χ1v) is 11.5. The lowest BCUT2D eigenvalue weighted by molar-refractivity contribution is -0.140. The summed E-state index contributed by atoms with van der Waals surface area (Å²) in [6.45, 7) is 11.4. The van der Waals surface area contributed by atoms with Gasteiger partial charge in [-0.15, -0.1) is 0 Å². The predicted molar refractivity (Wildman–Crippen MR) is 133 cm³/mol. The molecule has 2 aromatic rings. The summed E-state index contributed by atoms with van der Waals surface area (Å²) in [4.78, 5) is 34.6. The van der Waals surface area contributed by atoms with Crippen molar-refractivity contribution in [1.82, 2.24) is 0 Å². The lowest BCUT2D eigenvalue weighted by atomic mass is 9.78. The van der Waals surface area contributed by atoms with Gasteiger partial charge in [0, 0.05) is 17.8 Å². The molecular formula is C28H30O8. The zero-order chi connectivity index (χ0) is 26.1. The zero-order valence-electron chi connectivity index (χ0n) is 20.5. The third kappa shape index (κ3) is 7.05. The van der Waals surface area contributed by atoms with Crippen LogP contribution in [-0.2, 0) is 34.0 Å². The van der Waals surface area contributed by atoms with Crippen LogP contribution in [0.3, 0.4) is 0 Å². The Labute approximate surface area is 210 Å². The van der Waals surface area contributed by atoms with E-state index >= 15 is 0 Å². The molecule has 0 spiro atoms. The summed E-state index contributed by atoms with van der Waals surface area (Å²) in [7, 11) is 0. The molecule has 1 saturated heterocycles. The van der Waals surface area contributed by atoms with Gasteiger partial charge in [0.15, 0.2) is 0 Å². The van der Waals surface area contributed by atoms with E-state index in [0.29, 0.717) is 29.9 Å². The second-order valence-electron chi connectivity index (χ2n) is 8.66. The van der Waals surface area contributed by atoms with Crippen LogP contribution in [0.15, 0.2) is 72.8 Å². The van der Waals surface area contributed by atoms with Crippen molar-refractivity contribution in [1.29, 1.82) is 0 Å². The Hall–Kier alpha value is -3.91. The molecule has 0 atom stereocenters. The summed E-state index contributed by atoms with van der Waals surface area (Å²) in [5.41, 5.74) is 2.96. The van der Waals surface area contributed by atoms with E-state index in [9.17, 15) is 14.4 Å². The fourth-order valence-electron chi connectivity index (χ4n) is 3.54. The van der Waals surface area contributed by atoms with E-state index in [1.807, 2.05) is 36.4 Å². The Morgan fingerprint density at radius 3 is 1.94 bits per heavy atom. The van der Waals surface area contributed by atoms with E-state index in [4.69, 9.17) is 23.7 Å². The van der Waals surface area contributed by atoms with Crippen LogP contribution in [0.4, 0.5) is 4.79 Å². The van der Waals surface area contributed by atoms with Crippen LogP contribution in [0.1, 0.15) is 25.8 Å². The minimum Gasteiger partial charge on any atom is -0.460 e. The first kappa shape index (κ1) is 26.7. The Kier molecular flexibility index (Phi) is 9.02. The largest absolute Gasteiger partial charge is 0.508 e. The summed E-state index contributed by atoms with van der Waals surface area (Å²) in [6.07, 6.45) is -0.154.